The minimum Gasteiger partial charge on any atom is -0.392 e. The summed E-state index contributed by atoms with van der Waals surface area (Å²) in [5.41, 5.74) is 4.57. The van der Waals surface area contributed by atoms with E-state index in [2.05, 4.69) is 61.3 Å². The Morgan fingerprint density at radius 2 is 1.70 bits per heavy atom. The van der Waals surface area contributed by atoms with Crippen molar-refractivity contribution in [2.24, 2.45) is 0 Å². The van der Waals surface area contributed by atoms with Gasteiger partial charge in [-0.05, 0) is 35.9 Å². The molecular formula is C16H18N2OS. The zero-order valence-corrected chi connectivity index (χ0v) is 12.7. The van der Waals surface area contributed by atoms with Crippen LogP contribution >= 0.6 is 11.8 Å². The van der Waals surface area contributed by atoms with E-state index in [1.54, 1.807) is 11.8 Å². The molecule has 0 aliphatic carbocycles. The van der Waals surface area contributed by atoms with Crippen LogP contribution in [-0.2, 0) is 6.61 Å². The lowest BCUT2D eigenvalue weighted by Crippen LogP contribution is -2.16. The van der Waals surface area contributed by atoms with Crippen LogP contribution in [0.25, 0.3) is 0 Å². The minimum absolute atomic E-state index is 0.0855. The number of anilines is 3. The molecule has 1 N–H and O–H groups in total. The summed E-state index contributed by atoms with van der Waals surface area (Å²) in [5, 5.41) is 9.29. The van der Waals surface area contributed by atoms with Crippen LogP contribution in [0.5, 0.6) is 0 Å². The summed E-state index contributed by atoms with van der Waals surface area (Å²) in [6, 6.07) is 12.7. The van der Waals surface area contributed by atoms with Gasteiger partial charge in [0.05, 0.1) is 18.0 Å². The first-order valence-corrected chi connectivity index (χ1v) is 7.38. The van der Waals surface area contributed by atoms with Crippen molar-refractivity contribution in [3.63, 3.8) is 0 Å². The van der Waals surface area contributed by atoms with Crippen LogP contribution in [0.1, 0.15) is 5.56 Å². The third kappa shape index (κ3) is 2.15. The molecule has 0 saturated heterocycles. The Morgan fingerprint density at radius 3 is 2.35 bits per heavy atom. The molecule has 0 fully saturated rings. The molecule has 1 aliphatic heterocycles. The van der Waals surface area contributed by atoms with Gasteiger partial charge >= 0.3 is 0 Å². The summed E-state index contributed by atoms with van der Waals surface area (Å²) in [6.07, 6.45) is 0. The maximum atomic E-state index is 9.29. The largest absolute Gasteiger partial charge is 0.392 e. The van der Waals surface area contributed by atoms with Gasteiger partial charge in [0.25, 0.3) is 0 Å². The van der Waals surface area contributed by atoms with Crippen LogP contribution in [0.3, 0.4) is 0 Å². The number of aliphatic hydroxyl groups excluding tert-OH is 1. The topological polar surface area (TPSA) is 26.7 Å². The predicted octanol–water partition coefficient (Wildman–Crippen LogP) is 3.48. The second-order valence-corrected chi connectivity index (χ2v) is 6.25. The fourth-order valence-corrected chi connectivity index (χ4v) is 3.65. The molecule has 0 spiro atoms. The number of nitrogens with zero attached hydrogens (tertiary/aromatic N) is 2. The van der Waals surface area contributed by atoms with Crippen molar-refractivity contribution in [1.29, 1.82) is 0 Å². The molecule has 0 unspecified atom stereocenters. The molecular weight excluding hydrogens is 268 g/mol. The van der Waals surface area contributed by atoms with Gasteiger partial charge in [-0.2, -0.15) is 0 Å². The highest BCUT2D eigenvalue weighted by Gasteiger charge is 2.21. The lowest BCUT2D eigenvalue weighted by atomic mass is 10.1. The van der Waals surface area contributed by atoms with Gasteiger partial charge < -0.3 is 14.9 Å². The van der Waals surface area contributed by atoms with Crippen molar-refractivity contribution < 1.29 is 5.11 Å². The quantitative estimate of drug-likeness (QED) is 0.914. The molecule has 0 bridgehead atoms. The summed E-state index contributed by atoms with van der Waals surface area (Å²) in [6.45, 7) is 0.0855. The predicted molar refractivity (Wildman–Crippen MR) is 85.3 cm³/mol. The number of benzene rings is 2. The first kappa shape index (κ1) is 13.3. The van der Waals surface area contributed by atoms with Crippen molar-refractivity contribution in [2.45, 2.75) is 16.4 Å². The number of aliphatic hydroxyl groups is 1. The fourth-order valence-electron chi connectivity index (χ4n) is 2.40. The highest BCUT2D eigenvalue weighted by Crippen LogP contribution is 2.48. The molecule has 0 radical (unpaired) electrons. The Bertz CT molecular complexity index is 655. The van der Waals surface area contributed by atoms with Crippen molar-refractivity contribution in [1.82, 2.24) is 0 Å². The zero-order chi connectivity index (χ0) is 14.3. The second kappa shape index (κ2) is 5.04. The Kier molecular flexibility index (Phi) is 3.36. The van der Waals surface area contributed by atoms with Gasteiger partial charge in [0.2, 0.25) is 0 Å². The molecule has 0 saturated carbocycles. The number of rotatable bonds is 2. The molecule has 3 rings (SSSR count). The third-order valence-electron chi connectivity index (χ3n) is 3.61. The maximum Gasteiger partial charge on any atom is 0.0682 e. The molecule has 4 heteroatoms. The van der Waals surface area contributed by atoms with E-state index in [-0.39, 0.29) is 6.61 Å². The van der Waals surface area contributed by atoms with E-state index in [9.17, 15) is 5.11 Å². The molecule has 0 aromatic heterocycles. The molecule has 1 aliphatic rings. The van der Waals surface area contributed by atoms with Crippen LogP contribution in [-0.4, -0.2) is 26.2 Å². The molecule has 2 aromatic rings. The summed E-state index contributed by atoms with van der Waals surface area (Å²) < 4.78 is 0. The van der Waals surface area contributed by atoms with E-state index < -0.39 is 0 Å². The van der Waals surface area contributed by atoms with E-state index >= 15 is 0 Å². The highest BCUT2D eigenvalue weighted by molar-refractivity contribution is 7.99. The Morgan fingerprint density at radius 1 is 1.05 bits per heavy atom. The third-order valence-corrected chi connectivity index (χ3v) is 4.70. The summed E-state index contributed by atoms with van der Waals surface area (Å²) in [5.74, 6) is 0. The molecule has 20 heavy (non-hydrogen) atoms. The van der Waals surface area contributed by atoms with Crippen molar-refractivity contribution in [3.05, 3.63) is 42.0 Å². The van der Waals surface area contributed by atoms with Gasteiger partial charge in [-0.3, -0.25) is 0 Å². The average molecular weight is 286 g/mol. The summed E-state index contributed by atoms with van der Waals surface area (Å²) >= 11 is 1.77. The standard InChI is InChI=1S/C16H18N2OS/c1-17(2)12-5-7-14-16(9-12)20-15-8-11(10-19)4-6-13(15)18(14)3/h4-9,19H,10H2,1-3H3. The molecule has 1 heterocycles. The van der Waals surface area contributed by atoms with Gasteiger partial charge in [0.15, 0.2) is 0 Å². The minimum atomic E-state index is 0.0855. The van der Waals surface area contributed by atoms with Gasteiger partial charge in [0.1, 0.15) is 0 Å². The number of fused-ring (bicyclic) bond motifs is 2. The van der Waals surface area contributed by atoms with Crippen LogP contribution in [0, 0.1) is 0 Å². The monoisotopic (exact) mass is 286 g/mol. The average Bonchev–Trinajstić information content (AvgIpc) is 2.46. The first-order valence-electron chi connectivity index (χ1n) is 6.57. The highest BCUT2D eigenvalue weighted by atomic mass is 32.2. The maximum absolute atomic E-state index is 9.29. The number of hydrogen-bond donors (Lipinski definition) is 1. The molecule has 104 valence electrons. The van der Waals surface area contributed by atoms with E-state index in [0.717, 1.165) is 5.56 Å². The van der Waals surface area contributed by atoms with Crippen LogP contribution in [0.4, 0.5) is 17.1 Å². The Hall–Kier alpha value is -1.65. The lowest BCUT2D eigenvalue weighted by molar-refractivity contribution is 0.281. The molecule has 3 nitrogen and oxygen atoms in total. The first-order chi connectivity index (χ1) is 9.60. The van der Waals surface area contributed by atoms with Gasteiger partial charge in [-0.25, -0.2) is 0 Å². The Balaban J connectivity index is 2.07. The zero-order valence-electron chi connectivity index (χ0n) is 11.9. The smallest absolute Gasteiger partial charge is 0.0682 e. The SMILES string of the molecule is CN(C)c1ccc2c(c1)Sc1cc(CO)ccc1N2C. The summed E-state index contributed by atoms with van der Waals surface area (Å²) in [7, 11) is 6.19. The van der Waals surface area contributed by atoms with Gasteiger partial charge in [-0.15, -0.1) is 0 Å². The lowest BCUT2D eigenvalue weighted by Gasteiger charge is -2.30. The van der Waals surface area contributed by atoms with E-state index in [1.807, 2.05) is 6.07 Å². The fraction of sp³-hybridized carbons (Fsp3) is 0.250. The summed E-state index contributed by atoms with van der Waals surface area (Å²) in [4.78, 5) is 6.77. The van der Waals surface area contributed by atoms with Crippen LogP contribution < -0.4 is 9.80 Å². The van der Waals surface area contributed by atoms with E-state index in [1.165, 1.54) is 26.9 Å². The van der Waals surface area contributed by atoms with Crippen molar-refractivity contribution in [2.75, 3.05) is 30.9 Å². The van der Waals surface area contributed by atoms with Crippen LogP contribution in [0.2, 0.25) is 0 Å². The molecule has 2 aromatic carbocycles. The second-order valence-electron chi connectivity index (χ2n) is 5.17. The number of hydrogen-bond acceptors (Lipinski definition) is 4. The van der Waals surface area contributed by atoms with Crippen molar-refractivity contribution >= 4 is 28.8 Å². The van der Waals surface area contributed by atoms with E-state index in [4.69, 9.17) is 0 Å². The van der Waals surface area contributed by atoms with Gasteiger partial charge in [0, 0.05) is 36.6 Å². The van der Waals surface area contributed by atoms with Crippen molar-refractivity contribution in [3.8, 4) is 0 Å². The molecule has 0 atom stereocenters. The van der Waals surface area contributed by atoms with E-state index in [0.29, 0.717) is 0 Å². The Labute approximate surface area is 123 Å². The van der Waals surface area contributed by atoms with Crippen LogP contribution in [0.15, 0.2) is 46.2 Å². The normalized spacial score (nSPS) is 12.9. The van der Waals surface area contributed by atoms with Gasteiger partial charge in [-0.1, -0.05) is 17.8 Å². The molecule has 0 amide bonds.